The van der Waals surface area contributed by atoms with Gasteiger partial charge < -0.3 is 14.2 Å². The van der Waals surface area contributed by atoms with Crippen molar-refractivity contribution in [3.63, 3.8) is 0 Å². The Balaban J connectivity index is 1.60. The predicted molar refractivity (Wildman–Crippen MR) is 96.2 cm³/mol. The second kappa shape index (κ2) is 9.71. The van der Waals surface area contributed by atoms with E-state index in [1.807, 2.05) is 49.4 Å². The van der Waals surface area contributed by atoms with Gasteiger partial charge in [0.2, 0.25) is 0 Å². The summed E-state index contributed by atoms with van der Waals surface area (Å²) in [5.74, 6) is 2.40. The van der Waals surface area contributed by atoms with Gasteiger partial charge in [0.15, 0.2) is 11.5 Å². The average molecular weight is 353 g/mol. The van der Waals surface area contributed by atoms with E-state index in [0.717, 1.165) is 27.8 Å². The molecule has 0 heterocycles. The summed E-state index contributed by atoms with van der Waals surface area (Å²) in [6, 6.07) is 13.7. The standard InChI is InChI=1S/C18H21ClO3S/c1-14-3-8-17(18(13-14)20-2)22-10-9-21-11-12-23-16-6-4-15(19)5-7-16/h3-8,13H,9-12H2,1-2H3. The first kappa shape index (κ1) is 18.0. The molecule has 0 atom stereocenters. The number of hydrogen-bond acceptors (Lipinski definition) is 4. The van der Waals surface area contributed by atoms with E-state index in [9.17, 15) is 0 Å². The van der Waals surface area contributed by atoms with Gasteiger partial charge in [0.05, 0.1) is 20.3 Å². The first-order valence-electron chi connectivity index (χ1n) is 7.42. The Morgan fingerprint density at radius 2 is 1.74 bits per heavy atom. The SMILES string of the molecule is COc1cc(C)ccc1OCCOCCSc1ccc(Cl)cc1. The molecule has 0 unspecified atom stereocenters. The van der Waals surface area contributed by atoms with Gasteiger partial charge in [0, 0.05) is 15.7 Å². The van der Waals surface area contributed by atoms with E-state index in [1.165, 1.54) is 4.90 Å². The largest absolute Gasteiger partial charge is 0.493 e. The third kappa shape index (κ3) is 6.34. The number of hydrogen-bond donors (Lipinski definition) is 0. The van der Waals surface area contributed by atoms with Crippen molar-refractivity contribution in [1.29, 1.82) is 0 Å². The molecular weight excluding hydrogens is 332 g/mol. The minimum atomic E-state index is 0.505. The molecule has 0 fully saturated rings. The molecule has 0 bridgehead atoms. The van der Waals surface area contributed by atoms with Crippen LogP contribution in [0.2, 0.25) is 5.02 Å². The quantitative estimate of drug-likeness (QED) is 0.476. The Hall–Kier alpha value is -1.36. The van der Waals surface area contributed by atoms with Crippen LogP contribution in [0.3, 0.4) is 0 Å². The third-order valence-electron chi connectivity index (χ3n) is 3.11. The van der Waals surface area contributed by atoms with Gasteiger partial charge in [-0.1, -0.05) is 17.7 Å². The first-order valence-corrected chi connectivity index (χ1v) is 8.79. The Bertz CT molecular complexity index is 602. The molecule has 0 aliphatic heterocycles. The van der Waals surface area contributed by atoms with Crippen LogP contribution in [0.15, 0.2) is 47.4 Å². The fourth-order valence-corrected chi connectivity index (χ4v) is 2.85. The summed E-state index contributed by atoms with van der Waals surface area (Å²) in [6.07, 6.45) is 0. The zero-order valence-electron chi connectivity index (χ0n) is 13.4. The Labute approximate surface area is 146 Å². The van der Waals surface area contributed by atoms with Crippen molar-refractivity contribution in [2.75, 3.05) is 32.7 Å². The maximum atomic E-state index is 5.85. The summed E-state index contributed by atoms with van der Waals surface area (Å²) in [4.78, 5) is 1.19. The minimum Gasteiger partial charge on any atom is -0.493 e. The number of thioether (sulfide) groups is 1. The lowest BCUT2D eigenvalue weighted by Gasteiger charge is -2.11. The van der Waals surface area contributed by atoms with Crippen LogP contribution in [0.5, 0.6) is 11.5 Å². The first-order chi connectivity index (χ1) is 11.2. The molecular formula is C18H21ClO3S. The zero-order valence-corrected chi connectivity index (χ0v) is 15.0. The van der Waals surface area contributed by atoms with E-state index in [4.69, 9.17) is 25.8 Å². The molecule has 5 heteroatoms. The number of halogens is 1. The van der Waals surface area contributed by atoms with Crippen molar-refractivity contribution in [2.24, 2.45) is 0 Å². The highest BCUT2D eigenvalue weighted by molar-refractivity contribution is 7.99. The van der Waals surface area contributed by atoms with E-state index in [0.29, 0.717) is 19.8 Å². The fourth-order valence-electron chi connectivity index (χ4n) is 1.96. The molecule has 0 aromatic heterocycles. The van der Waals surface area contributed by atoms with E-state index < -0.39 is 0 Å². The lowest BCUT2D eigenvalue weighted by Crippen LogP contribution is -2.09. The molecule has 0 N–H and O–H groups in total. The van der Waals surface area contributed by atoms with Crippen molar-refractivity contribution in [3.8, 4) is 11.5 Å². The molecule has 124 valence electrons. The summed E-state index contributed by atoms with van der Waals surface area (Å²) >= 11 is 7.60. The van der Waals surface area contributed by atoms with Gasteiger partial charge in [-0.05, 0) is 48.9 Å². The average Bonchev–Trinajstić information content (AvgIpc) is 2.56. The highest BCUT2D eigenvalue weighted by Gasteiger charge is 2.04. The number of ether oxygens (including phenoxy) is 3. The van der Waals surface area contributed by atoms with Crippen LogP contribution in [0.1, 0.15) is 5.56 Å². The summed E-state index contributed by atoms with van der Waals surface area (Å²) < 4.78 is 16.6. The molecule has 0 saturated carbocycles. The number of aryl methyl sites for hydroxylation is 1. The lowest BCUT2D eigenvalue weighted by atomic mass is 10.2. The summed E-state index contributed by atoms with van der Waals surface area (Å²) in [5, 5.41) is 0.759. The molecule has 0 aliphatic rings. The summed E-state index contributed by atoms with van der Waals surface area (Å²) in [6.45, 7) is 3.76. The second-order valence-corrected chi connectivity index (χ2v) is 6.52. The van der Waals surface area contributed by atoms with Crippen LogP contribution in [-0.4, -0.2) is 32.7 Å². The molecule has 0 radical (unpaired) electrons. The normalized spacial score (nSPS) is 10.6. The predicted octanol–water partition coefficient (Wildman–Crippen LogP) is 4.84. The monoisotopic (exact) mass is 352 g/mol. The number of methoxy groups -OCH3 is 1. The molecule has 0 saturated heterocycles. The minimum absolute atomic E-state index is 0.505. The Kier molecular flexibility index (Phi) is 7.59. The molecule has 2 rings (SSSR count). The molecule has 23 heavy (non-hydrogen) atoms. The molecule has 3 nitrogen and oxygen atoms in total. The van der Waals surface area contributed by atoms with Crippen LogP contribution < -0.4 is 9.47 Å². The fraction of sp³-hybridized carbons (Fsp3) is 0.333. The second-order valence-electron chi connectivity index (χ2n) is 4.92. The summed E-state index contributed by atoms with van der Waals surface area (Å²) in [5.41, 5.74) is 1.14. The topological polar surface area (TPSA) is 27.7 Å². The van der Waals surface area contributed by atoms with Crippen LogP contribution in [0, 0.1) is 6.92 Å². The Morgan fingerprint density at radius 3 is 2.48 bits per heavy atom. The van der Waals surface area contributed by atoms with E-state index >= 15 is 0 Å². The van der Waals surface area contributed by atoms with Crippen molar-refractivity contribution < 1.29 is 14.2 Å². The molecule has 0 amide bonds. The van der Waals surface area contributed by atoms with Crippen molar-refractivity contribution in [3.05, 3.63) is 53.1 Å². The van der Waals surface area contributed by atoms with E-state index in [1.54, 1.807) is 18.9 Å². The summed E-state index contributed by atoms with van der Waals surface area (Å²) in [7, 11) is 1.64. The van der Waals surface area contributed by atoms with Crippen molar-refractivity contribution >= 4 is 23.4 Å². The maximum Gasteiger partial charge on any atom is 0.161 e. The molecule has 0 spiro atoms. The maximum absolute atomic E-state index is 5.85. The highest BCUT2D eigenvalue weighted by atomic mass is 35.5. The van der Waals surface area contributed by atoms with Gasteiger partial charge in [-0.15, -0.1) is 11.8 Å². The van der Waals surface area contributed by atoms with Crippen LogP contribution in [-0.2, 0) is 4.74 Å². The Morgan fingerprint density at radius 1 is 0.957 bits per heavy atom. The van der Waals surface area contributed by atoms with Gasteiger partial charge in [-0.2, -0.15) is 0 Å². The van der Waals surface area contributed by atoms with E-state index in [-0.39, 0.29) is 0 Å². The van der Waals surface area contributed by atoms with Crippen molar-refractivity contribution in [1.82, 2.24) is 0 Å². The van der Waals surface area contributed by atoms with Gasteiger partial charge in [0.25, 0.3) is 0 Å². The van der Waals surface area contributed by atoms with Crippen molar-refractivity contribution in [2.45, 2.75) is 11.8 Å². The highest BCUT2D eigenvalue weighted by Crippen LogP contribution is 2.27. The third-order valence-corrected chi connectivity index (χ3v) is 4.34. The molecule has 0 aliphatic carbocycles. The smallest absolute Gasteiger partial charge is 0.161 e. The van der Waals surface area contributed by atoms with Crippen LogP contribution in [0.25, 0.3) is 0 Å². The number of rotatable bonds is 9. The lowest BCUT2D eigenvalue weighted by molar-refractivity contribution is 0.110. The van der Waals surface area contributed by atoms with E-state index in [2.05, 4.69) is 0 Å². The van der Waals surface area contributed by atoms with Gasteiger partial charge in [0.1, 0.15) is 6.61 Å². The van der Waals surface area contributed by atoms with Gasteiger partial charge in [-0.3, -0.25) is 0 Å². The van der Waals surface area contributed by atoms with Crippen LogP contribution >= 0.6 is 23.4 Å². The number of benzene rings is 2. The zero-order chi connectivity index (χ0) is 16.5. The van der Waals surface area contributed by atoms with Gasteiger partial charge in [-0.25, -0.2) is 0 Å². The van der Waals surface area contributed by atoms with Crippen LogP contribution in [0.4, 0.5) is 0 Å². The van der Waals surface area contributed by atoms with Gasteiger partial charge >= 0.3 is 0 Å². The molecule has 2 aromatic carbocycles. The molecule has 2 aromatic rings.